The molecule has 0 saturated carbocycles. The number of ketones is 1. The van der Waals surface area contributed by atoms with Gasteiger partial charge in [0.15, 0.2) is 6.10 Å². The Bertz CT molecular complexity index is 967. The highest BCUT2D eigenvalue weighted by molar-refractivity contribution is 6.35. The lowest BCUT2D eigenvalue weighted by molar-refractivity contribution is -0.114. The van der Waals surface area contributed by atoms with Crippen LogP contribution in [0.5, 0.6) is 5.75 Å². The van der Waals surface area contributed by atoms with Crippen LogP contribution in [0.1, 0.15) is 24.2 Å². The van der Waals surface area contributed by atoms with Crippen LogP contribution in [-0.2, 0) is 4.79 Å². The van der Waals surface area contributed by atoms with E-state index in [1.807, 2.05) is 24.3 Å². The van der Waals surface area contributed by atoms with Gasteiger partial charge < -0.3 is 10.1 Å². The molecule has 5 heteroatoms. The summed E-state index contributed by atoms with van der Waals surface area (Å²) in [6.45, 7) is 3.15. The highest BCUT2D eigenvalue weighted by Crippen LogP contribution is 2.32. The Morgan fingerprint density at radius 2 is 1.62 bits per heavy atom. The molecule has 3 aromatic carbocycles. The van der Waals surface area contributed by atoms with Gasteiger partial charge in [0.1, 0.15) is 5.75 Å². The zero-order valence-electron chi connectivity index (χ0n) is 14.5. The van der Waals surface area contributed by atoms with Gasteiger partial charge in [-0.25, -0.2) is 0 Å². The number of benzene rings is 3. The van der Waals surface area contributed by atoms with Gasteiger partial charge >= 0.3 is 0 Å². The van der Waals surface area contributed by atoms with Crippen LogP contribution in [-0.4, -0.2) is 17.8 Å². The Labute approximate surface area is 156 Å². The van der Waals surface area contributed by atoms with Crippen LogP contribution in [0.4, 0.5) is 5.69 Å². The molecule has 26 heavy (non-hydrogen) atoms. The van der Waals surface area contributed by atoms with E-state index in [0.717, 1.165) is 10.8 Å². The number of carbonyl (C=O) groups is 2. The fraction of sp³-hybridized carbons (Fsp3) is 0.143. The number of Topliss-reactive ketones (excluding diaryl/α,β-unsaturated/α-hetero) is 1. The first kappa shape index (κ1) is 18.0. The Kier molecular flexibility index (Phi) is 5.24. The third kappa shape index (κ3) is 3.86. The average Bonchev–Trinajstić information content (AvgIpc) is 2.64. The summed E-state index contributed by atoms with van der Waals surface area (Å²) in [5.74, 6) is 0.314. The Morgan fingerprint density at radius 3 is 2.27 bits per heavy atom. The Hall–Kier alpha value is -2.85. The van der Waals surface area contributed by atoms with Crippen LogP contribution in [0.25, 0.3) is 10.8 Å². The number of fused-ring (bicyclic) bond motifs is 1. The molecule has 132 valence electrons. The molecule has 0 fully saturated rings. The number of nitrogens with one attached hydrogen (secondary N) is 1. The van der Waals surface area contributed by atoms with E-state index < -0.39 is 6.10 Å². The van der Waals surface area contributed by atoms with Gasteiger partial charge in [0.05, 0.1) is 0 Å². The minimum atomic E-state index is -0.661. The normalized spacial score (nSPS) is 11.8. The highest BCUT2D eigenvalue weighted by atomic mass is 35.5. The monoisotopic (exact) mass is 367 g/mol. The number of anilines is 1. The molecule has 3 rings (SSSR count). The number of amides is 1. The summed E-state index contributed by atoms with van der Waals surface area (Å²) in [5, 5.41) is 5.05. The van der Waals surface area contributed by atoms with Gasteiger partial charge in [-0.2, -0.15) is 0 Å². The quantitative estimate of drug-likeness (QED) is 0.638. The van der Waals surface area contributed by atoms with Crippen LogP contribution in [0.15, 0.2) is 60.7 Å². The lowest BCUT2D eigenvalue weighted by atomic mass is 10.1. The van der Waals surface area contributed by atoms with Crippen molar-refractivity contribution in [2.24, 2.45) is 0 Å². The maximum absolute atomic E-state index is 12.6. The number of hydrogen-bond donors (Lipinski definition) is 1. The Morgan fingerprint density at radius 1 is 0.962 bits per heavy atom. The molecule has 1 N–H and O–H groups in total. The standard InChI is InChI=1S/C21H18ClNO3/c1-13(21(25)15-7-9-16(10-8-15)23-14(2)24)26-20-12-11-19(22)17-5-3-4-6-18(17)20/h3-13H,1-2H3,(H,23,24)/t13-/m0/s1. The van der Waals surface area contributed by atoms with Crippen molar-refractivity contribution in [2.45, 2.75) is 20.0 Å². The summed E-state index contributed by atoms with van der Waals surface area (Å²) >= 11 is 6.22. The molecule has 0 radical (unpaired) electrons. The SMILES string of the molecule is CC(=O)Nc1ccc(C(=O)[C@H](C)Oc2ccc(Cl)c3ccccc23)cc1. The van der Waals surface area contributed by atoms with Crippen molar-refractivity contribution in [2.75, 3.05) is 5.32 Å². The number of rotatable bonds is 5. The number of carbonyl (C=O) groups excluding carboxylic acids is 2. The fourth-order valence-electron chi connectivity index (χ4n) is 2.74. The average molecular weight is 368 g/mol. The van der Waals surface area contributed by atoms with Crippen LogP contribution >= 0.6 is 11.6 Å². The van der Waals surface area contributed by atoms with Gasteiger partial charge in [-0.15, -0.1) is 0 Å². The van der Waals surface area contributed by atoms with E-state index in [2.05, 4.69) is 5.32 Å². The first-order valence-corrected chi connectivity index (χ1v) is 8.59. The van der Waals surface area contributed by atoms with E-state index in [0.29, 0.717) is 22.0 Å². The van der Waals surface area contributed by atoms with Crippen molar-refractivity contribution in [3.05, 3.63) is 71.2 Å². The predicted octanol–water partition coefficient (Wildman–Crippen LogP) is 5.10. The third-order valence-electron chi connectivity index (χ3n) is 3.99. The first-order chi connectivity index (χ1) is 12.5. The maximum Gasteiger partial charge on any atom is 0.221 e. The van der Waals surface area contributed by atoms with E-state index in [-0.39, 0.29) is 11.7 Å². The van der Waals surface area contributed by atoms with Gasteiger partial charge in [0.2, 0.25) is 11.7 Å². The van der Waals surface area contributed by atoms with Crippen molar-refractivity contribution in [3.63, 3.8) is 0 Å². The van der Waals surface area contributed by atoms with Crippen LogP contribution in [0.3, 0.4) is 0 Å². The molecular formula is C21H18ClNO3. The molecule has 0 heterocycles. The molecule has 3 aromatic rings. The van der Waals surface area contributed by atoms with Crippen molar-refractivity contribution in [1.82, 2.24) is 0 Å². The van der Waals surface area contributed by atoms with E-state index in [1.165, 1.54) is 6.92 Å². The molecule has 1 atom stereocenters. The predicted molar refractivity (Wildman–Crippen MR) is 104 cm³/mol. The summed E-state index contributed by atoms with van der Waals surface area (Å²) < 4.78 is 5.92. The minimum Gasteiger partial charge on any atom is -0.482 e. The van der Waals surface area contributed by atoms with E-state index in [1.54, 1.807) is 43.3 Å². The molecule has 0 aromatic heterocycles. The largest absolute Gasteiger partial charge is 0.482 e. The van der Waals surface area contributed by atoms with Gasteiger partial charge in [-0.05, 0) is 43.3 Å². The second kappa shape index (κ2) is 7.58. The molecule has 0 aliphatic rings. The molecule has 0 saturated heterocycles. The van der Waals surface area contributed by atoms with Gasteiger partial charge in [0, 0.05) is 34.0 Å². The molecule has 1 amide bonds. The molecule has 0 aliphatic heterocycles. The summed E-state index contributed by atoms with van der Waals surface area (Å²) in [6.07, 6.45) is -0.661. The Balaban J connectivity index is 1.80. The fourth-order valence-corrected chi connectivity index (χ4v) is 2.96. The van der Waals surface area contributed by atoms with Crippen LogP contribution < -0.4 is 10.1 Å². The summed E-state index contributed by atoms with van der Waals surface area (Å²) in [5.41, 5.74) is 1.16. The summed E-state index contributed by atoms with van der Waals surface area (Å²) in [4.78, 5) is 23.7. The van der Waals surface area contributed by atoms with E-state index >= 15 is 0 Å². The highest BCUT2D eigenvalue weighted by Gasteiger charge is 2.18. The minimum absolute atomic E-state index is 0.140. The number of ether oxygens (including phenoxy) is 1. The zero-order chi connectivity index (χ0) is 18.7. The summed E-state index contributed by atoms with van der Waals surface area (Å²) in [6, 6.07) is 17.9. The number of hydrogen-bond acceptors (Lipinski definition) is 3. The van der Waals surface area contributed by atoms with Gasteiger partial charge in [-0.3, -0.25) is 9.59 Å². The smallest absolute Gasteiger partial charge is 0.221 e. The topological polar surface area (TPSA) is 55.4 Å². The molecule has 0 aliphatic carbocycles. The zero-order valence-corrected chi connectivity index (χ0v) is 15.2. The third-order valence-corrected chi connectivity index (χ3v) is 4.32. The number of halogens is 1. The van der Waals surface area contributed by atoms with Crippen molar-refractivity contribution in [1.29, 1.82) is 0 Å². The first-order valence-electron chi connectivity index (χ1n) is 8.21. The van der Waals surface area contributed by atoms with Gasteiger partial charge in [-0.1, -0.05) is 35.9 Å². The molecule has 0 unspecified atom stereocenters. The lowest BCUT2D eigenvalue weighted by Gasteiger charge is -2.16. The van der Waals surface area contributed by atoms with Crippen LogP contribution in [0.2, 0.25) is 5.02 Å². The van der Waals surface area contributed by atoms with Crippen molar-refractivity contribution < 1.29 is 14.3 Å². The van der Waals surface area contributed by atoms with Crippen LogP contribution in [0, 0.1) is 0 Å². The molecule has 0 spiro atoms. The second-order valence-electron chi connectivity index (χ2n) is 5.97. The lowest BCUT2D eigenvalue weighted by Crippen LogP contribution is -2.24. The second-order valence-corrected chi connectivity index (χ2v) is 6.38. The van der Waals surface area contributed by atoms with E-state index in [4.69, 9.17) is 16.3 Å². The molecule has 4 nitrogen and oxygen atoms in total. The van der Waals surface area contributed by atoms with Crippen molar-refractivity contribution in [3.8, 4) is 5.75 Å². The van der Waals surface area contributed by atoms with E-state index in [9.17, 15) is 9.59 Å². The maximum atomic E-state index is 12.6. The molecule has 0 bridgehead atoms. The molecular weight excluding hydrogens is 350 g/mol. The summed E-state index contributed by atoms with van der Waals surface area (Å²) in [7, 11) is 0. The van der Waals surface area contributed by atoms with Crippen molar-refractivity contribution >= 4 is 39.8 Å². The van der Waals surface area contributed by atoms with Gasteiger partial charge in [0.25, 0.3) is 0 Å².